The van der Waals surface area contributed by atoms with Gasteiger partial charge < -0.3 is 5.73 Å². The zero-order valence-electron chi connectivity index (χ0n) is 8.41. The molecule has 1 saturated carbocycles. The first kappa shape index (κ1) is 10.6. The first-order valence-corrected chi connectivity index (χ1v) is 6.42. The Bertz CT molecular complexity index is 390. The number of rotatable bonds is 4. The molecule has 0 aromatic heterocycles. The molecule has 0 radical (unpaired) electrons. The van der Waals surface area contributed by atoms with Crippen molar-refractivity contribution in [3.05, 3.63) is 24.0 Å². The highest BCUT2D eigenvalue weighted by molar-refractivity contribution is 7.85. The first-order chi connectivity index (χ1) is 7.16. The Balaban J connectivity index is 2.03. The van der Waals surface area contributed by atoms with E-state index in [-0.39, 0.29) is 5.82 Å². The van der Waals surface area contributed by atoms with Crippen molar-refractivity contribution >= 4 is 16.5 Å². The third-order valence-corrected chi connectivity index (χ3v) is 4.09. The van der Waals surface area contributed by atoms with Crippen LogP contribution in [0.25, 0.3) is 0 Å². The summed E-state index contributed by atoms with van der Waals surface area (Å²) in [5.41, 5.74) is 5.91. The molecule has 0 spiro atoms. The molecule has 15 heavy (non-hydrogen) atoms. The summed E-state index contributed by atoms with van der Waals surface area (Å²) in [6, 6.07) is 4.05. The summed E-state index contributed by atoms with van der Waals surface area (Å²) in [4.78, 5) is 0.567. The third-order valence-electron chi connectivity index (χ3n) is 2.63. The SMILES string of the molecule is Nc1cc(F)ccc1S(=O)CCC1CC1. The molecule has 1 fully saturated rings. The van der Waals surface area contributed by atoms with Crippen molar-refractivity contribution < 1.29 is 8.60 Å². The van der Waals surface area contributed by atoms with Crippen molar-refractivity contribution in [1.82, 2.24) is 0 Å². The van der Waals surface area contributed by atoms with Crippen molar-refractivity contribution in [3.63, 3.8) is 0 Å². The molecule has 1 aromatic rings. The van der Waals surface area contributed by atoms with E-state index in [1.807, 2.05) is 0 Å². The van der Waals surface area contributed by atoms with Crippen molar-refractivity contribution in [2.45, 2.75) is 24.2 Å². The van der Waals surface area contributed by atoms with Crippen molar-refractivity contribution in [1.29, 1.82) is 0 Å². The molecular formula is C11H14FNOS. The molecule has 1 aromatic carbocycles. The molecule has 0 bridgehead atoms. The second-order valence-corrected chi connectivity index (χ2v) is 5.50. The maximum atomic E-state index is 12.8. The van der Waals surface area contributed by atoms with Gasteiger partial charge in [0.25, 0.3) is 0 Å². The molecule has 0 heterocycles. The molecule has 1 aliphatic carbocycles. The molecule has 0 saturated heterocycles. The van der Waals surface area contributed by atoms with Gasteiger partial charge in [-0.3, -0.25) is 4.21 Å². The summed E-state index contributed by atoms with van der Waals surface area (Å²) in [6.45, 7) is 0. The number of nitrogen functional groups attached to an aromatic ring is 1. The Labute approximate surface area is 91.1 Å². The lowest BCUT2D eigenvalue weighted by Gasteiger charge is -2.05. The second kappa shape index (κ2) is 4.31. The van der Waals surface area contributed by atoms with E-state index in [9.17, 15) is 8.60 Å². The predicted octanol–water partition coefficient (Wildman–Crippen LogP) is 2.32. The monoisotopic (exact) mass is 227 g/mol. The standard InChI is InChI=1S/C11H14FNOS/c12-9-3-4-11(10(13)7-9)15(14)6-5-8-1-2-8/h3-4,7-8H,1-2,5-6,13H2. The number of benzene rings is 1. The van der Waals surface area contributed by atoms with E-state index in [1.165, 1.54) is 31.0 Å². The maximum Gasteiger partial charge on any atom is 0.125 e. The van der Waals surface area contributed by atoms with Crippen LogP contribution < -0.4 is 5.73 Å². The van der Waals surface area contributed by atoms with Gasteiger partial charge in [0.15, 0.2) is 0 Å². The van der Waals surface area contributed by atoms with Gasteiger partial charge in [0, 0.05) is 5.75 Å². The molecule has 0 amide bonds. The van der Waals surface area contributed by atoms with Gasteiger partial charge in [-0.2, -0.15) is 0 Å². The highest BCUT2D eigenvalue weighted by Gasteiger charge is 2.22. The van der Waals surface area contributed by atoms with E-state index < -0.39 is 10.8 Å². The average molecular weight is 227 g/mol. The van der Waals surface area contributed by atoms with Crippen LogP contribution >= 0.6 is 0 Å². The summed E-state index contributed by atoms with van der Waals surface area (Å²) in [6.07, 6.45) is 3.51. The van der Waals surface area contributed by atoms with E-state index in [4.69, 9.17) is 5.73 Å². The zero-order chi connectivity index (χ0) is 10.8. The number of anilines is 1. The molecule has 1 aliphatic rings. The van der Waals surface area contributed by atoms with Crippen molar-refractivity contribution in [2.24, 2.45) is 5.92 Å². The minimum atomic E-state index is -1.08. The largest absolute Gasteiger partial charge is 0.398 e. The fourth-order valence-electron chi connectivity index (χ4n) is 1.52. The molecular weight excluding hydrogens is 213 g/mol. The third kappa shape index (κ3) is 2.78. The van der Waals surface area contributed by atoms with Gasteiger partial charge in [-0.05, 0) is 30.5 Å². The predicted molar refractivity (Wildman–Crippen MR) is 59.4 cm³/mol. The van der Waals surface area contributed by atoms with Crippen LogP contribution in [0.15, 0.2) is 23.1 Å². The van der Waals surface area contributed by atoms with Crippen molar-refractivity contribution in [2.75, 3.05) is 11.5 Å². The molecule has 2 nitrogen and oxygen atoms in total. The summed E-state index contributed by atoms with van der Waals surface area (Å²) < 4.78 is 24.6. The fraction of sp³-hybridized carbons (Fsp3) is 0.455. The molecule has 2 rings (SSSR count). The normalized spacial score (nSPS) is 17.7. The highest BCUT2D eigenvalue weighted by Crippen LogP contribution is 2.33. The van der Waals surface area contributed by atoms with Gasteiger partial charge in [0.2, 0.25) is 0 Å². The van der Waals surface area contributed by atoms with Crippen molar-refractivity contribution in [3.8, 4) is 0 Å². The molecule has 1 unspecified atom stereocenters. The van der Waals surface area contributed by atoms with Gasteiger partial charge in [-0.1, -0.05) is 12.8 Å². The Morgan fingerprint density at radius 3 is 2.80 bits per heavy atom. The first-order valence-electron chi connectivity index (χ1n) is 5.10. The lowest BCUT2D eigenvalue weighted by molar-refractivity contribution is 0.627. The van der Waals surface area contributed by atoms with Gasteiger partial charge in [0.05, 0.1) is 21.4 Å². The molecule has 0 aliphatic heterocycles. The quantitative estimate of drug-likeness (QED) is 0.802. The van der Waals surface area contributed by atoms with Crippen LogP contribution in [0, 0.1) is 11.7 Å². The van der Waals surface area contributed by atoms with Crippen LogP contribution in [0.5, 0.6) is 0 Å². The summed E-state index contributed by atoms with van der Waals surface area (Å²) in [7, 11) is -1.08. The van der Waals surface area contributed by atoms with E-state index in [1.54, 1.807) is 0 Å². The van der Waals surface area contributed by atoms with Gasteiger partial charge in [-0.25, -0.2) is 4.39 Å². The van der Waals surface area contributed by atoms with Crippen LogP contribution in [-0.4, -0.2) is 9.96 Å². The van der Waals surface area contributed by atoms with Gasteiger partial charge in [-0.15, -0.1) is 0 Å². The summed E-state index contributed by atoms with van der Waals surface area (Å²) in [5, 5.41) is 0. The lowest BCUT2D eigenvalue weighted by Crippen LogP contribution is -2.03. The van der Waals surface area contributed by atoms with Crippen LogP contribution in [0.3, 0.4) is 0 Å². The second-order valence-electron chi connectivity index (χ2n) is 3.96. The van der Waals surface area contributed by atoms with E-state index >= 15 is 0 Å². The Kier molecular flexibility index (Phi) is 3.05. The van der Waals surface area contributed by atoms with Crippen LogP contribution in [0.2, 0.25) is 0 Å². The fourth-order valence-corrected chi connectivity index (χ4v) is 2.83. The minimum Gasteiger partial charge on any atom is -0.398 e. The molecule has 1 atom stereocenters. The van der Waals surface area contributed by atoms with Gasteiger partial charge >= 0.3 is 0 Å². The van der Waals surface area contributed by atoms with Crippen LogP contribution in [-0.2, 0) is 10.8 Å². The average Bonchev–Trinajstić information content (AvgIpc) is 2.97. The minimum absolute atomic E-state index is 0.295. The maximum absolute atomic E-state index is 12.8. The van der Waals surface area contributed by atoms with Crippen LogP contribution in [0.4, 0.5) is 10.1 Å². The zero-order valence-corrected chi connectivity index (χ0v) is 9.23. The smallest absolute Gasteiger partial charge is 0.125 e. The summed E-state index contributed by atoms with van der Waals surface area (Å²) in [5.74, 6) is 1.02. The molecule has 82 valence electrons. The highest BCUT2D eigenvalue weighted by atomic mass is 32.2. The summed E-state index contributed by atoms with van der Waals surface area (Å²) >= 11 is 0. The molecule has 4 heteroatoms. The van der Waals surface area contributed by atoms with Gasteiger partial charge in [0.1, 0.15) is 5.82 Å². The Morgan fingerprint density at radius 2 is 2.20 bits per heavy atom. The van der Waals surface area contributed by atoms with Crippen LogP contribution in [0.1, 0.15) is 19.3 Å². The lowest BCUT2D eigenvalue weighted by atomic mass is 10.3. The number of hydrogen-bond acceptors (Lipinski definition) is 2. The number of halogens is 1. The Morgan fingerprint density at radius 1 is 1.47 bits per heavy atom. The van der Waals surface area contributed by atoms with E-state index in [2.05, 4.69) is 0 Å². The van der Waals surface area contributed by atoms with E-state index in [0.29, 0.717) is 16.3 Å². The van der Waals surface area contributed by atoms with E-state index in [0.717, 1.165) is 12.3 Å². The number of nitrogens with two attached hydrogens (primary N) is 1. The Hall–Kier alpha value is -0.900. The topological polar surface area (TPSA) is 43.1 Å². The molecule has 2 N–H and O–H groups in total. The number of hydrogen-bond donors (Lipinski definition) is 1.